The lowest BCUT2D eigenvalue weighted by atomic mass is 10.4. The largest absolute Gasteiger partial charge is 0.326 e. The highest BCUT2D eigenvalue weighted by Crippen LogP contribution is 2.30. The van der Waals surface area contributed by atoms with Crippen LogP contribution in [-0.2, 0) is 0 Å². The molecule has 10 heavy (non-hydrogen) atoms. The van der Waals surface area contributed by atoms with Crippen LogP contribution in [0.25, 0.3) is 0 Å². The summed E-state index contributed by atoms with van der Waals surface area (Å²) in [5.74, 6) is 4.51. The van der Waals surface area contributed by atoms with Gasteiger partial charge < -0.3 is 5.73 Å². The van der Waals surface area contributed by atoms with Crippen molar-refractivity contribution in [2.45, 2.75) is 11.3 Å². The third kappa shape index (κ3) is 3.96. The molecule has 0 amide bonds. The maximum Gasteiger partial charge on any atom is 0.0350 e. The number of alkyl halides is 1. The van der Waals surface area contributed by atoms with Gasteiger partial charge in [-0.15, -0.1) is 11.6 Å². The first-order chi connectivity index (χ1) is 4.83. The van der Waals surface area contributed by atoms with E-state index in [9.17, 15) is 0 Å². The van der Waals surface area contributed by atoms with E-state index >= 15 is 0 Å². The first-order valence-electron chi connectivity index (χ1n) is 3.34. The Morgan fingerprint density at radius 2 is 1.90 bits per heavy atom. The summed E-state index contributed by atoms with van der Waals surface area (Å²) in [5, 5.41) is 0.816. The van der Waals surface area contributed by atoms with Gasteiger partial charge in [-0.25, -0.2) is 0 Å². The fourth-order valence-electron chi connectivity index (χ4n) is 0.411. The average Bonchev–Trinajstić information content (AvgIpc) is 2.66. The smallest absolute Gasteiger partial charge is 0.0350 e. The van der Waals surface area contributed by atoms with Crippen molar-refractivity contribution in [3.63, 3.8) is 0 Å². The fourth-order valence-corrected chi connectivity index (χ4v) is 1.77. The highest BCUT2D eigenvalue weighted by atomic mass is 35.5. The van der Waals surface area contributed by atoms with Crippen LogP contribution in [0.5, 0.6) is 0 Å². The molecule has 0 aromatic heterocycles. The van der Waals surface area contributed by atoms with Crippen molar-refractivity contribution in [1.29, 1.82) is 0 Å². The SMILES string of the molecule is ClCC1CS1.NC1CSC1. The van der Waals surface area contributed by atoms with E-state index in [0.29, 0.717) is 6.04 Å². The quantitative estimate of drug-likeness (QED) is 0.509. The van der Waals surface area contributed by atoms with Crippen LogP contribution in [0.4, 0.5) is 0 Å². The van der Waals surface area contributed by atoms with Gasteiger partial charge >= 0.3 is 0 Å². The van der Waals surface area contributed by atoms with E-state index in [1.165, 1.54) is 17.3 Å². The minimum absolute atomic E-state index is 0.528. The Morgan fingerprint density at radius 3 is 1.90 bits per heavy atom. The Balaban J connectivity index is 0.0000001000. The van der Waals surface area contributed by atoms with E-state index in [1.807, 2.05) is 23.5 Å². The molecule has 4 heteroatoms. The van der Waals surface area contributed by atoms with E-state index in [4.69, 9.17) is 17.3 Å². The molecule has 0 aromatic rings. The fraction of sp³-hybridized carbons (Fsp3) is 1.00. The summed E-state index contributed by atoms with van der Waals surface area (Å²) in [6, 6.07) is 0.528. The number of hydrogen-bond acceptors (Lipinski definition) is 3. The van der Waals surface area contributed by atoms with Crippen molar-refractivity contribution in [3.05, 3.63) is 0 Å². The Hall–Kier alpha value is 0.950. The monoisotopic (exact) mass is 197 g/mol. The third-order valence-electron chi connectivity index (χ3n) is 1.24. The van der Waals surface area contributed by atoms with Gasteiger partial charge in [0.15, 0.2) is 0 Å². The van der Waals surface area contributed by atoms with Crippen LogP contribution < -0.4 is 5.73 Å². The molecule has 0 bridgehead atoms. The molecule has 2 aliphatic heterocycles. The summed E-state index contributed by atoms with van der Waals surface area (Å²) in [5.41, 5.74) is 5.36. The second-order valence-corrected chi connectivity index (χ2v) is 5.12. The van der Waals surface area contributed by atoms with Gasteiger partial charge in [0.05, 0.1) is 0 Å². The van der Waals surface area contributed by atoms with E-state index in [0.717, 1.165) is 11.1 Å². The molecule has 60 valence electrons. The van der Waals surface area contributed by atoms with Gasteiger partial charge in [0, 0.05) is 34.4 Å². The minimum atomic E-state index is 0.528. The summed E-state index contributed by atoms with van der Waals surface area (Å²) < 4.78 is 0. The molecule has 0 aliphatic carbocycles. The predicted molar refractivity (Wildman–Crippen MR) is 52.3 cm³/mol. The Morgan fingerprint density at radius 1 is 1.40 bits per heavy atom. The Bertz CT molecular complexity index is 93.7. The molecule has 0 aromatic carbocycles. The second-order valence-electron chi connectivity index (χ2n) is 2.41. The zero-order chi connectivity index (χ0) is 7.40. The maximum absolute atomic E-state index is 5.38. The van der Waals surface area contributed by atoms with Gasteiger partial charge in [-0.1, -0.05) is 0 Å². The first-order valence-corrected chi connectivity index (χ1v) is 6.07. The Kier molecular flexibility index (Phi) is 4.30. The van der Waals surface area contributed by atoms with Gasteiger partial charge in [0.1, 0.15) is 0 Å². The molecule has 0 radical (unpaired) electrons. The van der Waals surface area contributed by atoms with E-state index in [1.54, 1.807) is 0 Å². The van der Waals surface area contributed by atoms with Gasteiger partial charge in [-0.3, -0.25) is 0 Å². The highest BCUT2D eigenvalue weighted by molar-refractivity contribution is 8.07. The molecule has 1 nitrogen and oxygen atoms in total. The van der Waals surface area contributed by atoms with Crippen LogP contribution >= 0.6 is 35.1 Å². The van der Waals surface area contributed by atoms with Crippen molar-refractivity contribution in [2.24, 2.45) is 5.73 Å². The maximum atomic E-state index is 5.38. The minimum Gasteiger partial charge on any atom is -0.326 e. The third-order valence-corrected chi connectivity index (χ3v) is 4.09. The number of hydrogen-bond donors (Lipinski definition) is 1. The van der Waals surface area contributed by atoms with E-state index < -0.39 is 0 Å². The van der Waals surface area contributed by atoms with Crippen molar-refractivity contribution >= 4 is 35.1 Å². The molecule has 2 heterocycles. The molecule has 1 unspecified atom stereocenters. The molecule has 1 atom stereocenters. The van der Waals surface area contributed by atoms with Gasteiger partial charge in [-0.05, 0) is 0 Å². The van der Waals surface area contributed by atoms with Gasteiger partial charge in [0.25, 0.3) is 0 Å². The summed E-state index contributed by atoms with van der Waals surface area (Å²) in [6.45, 7) is 0. The number of thioether (sulfide) groups is 2. The summed E-state index contributed by atoms with van der Waals surface area (Å²) in [4.78, 5) is 0. The molecular formula is C6H12ClNS2. The van der Waals surface area contributed by atoms with Crippen LogP contribution in [0.3, 0.4) is 0 Å². The Labute approximate surface area is 75.4 Å². The normalized spacial score (nSPS) is 30.0. The highest BCUT2D eigenvalue weighted by Gasteiger charge is 2.19. The van der Waals surface area contributed by atoms with Crippen molar-refractivity contribution < 1.29 is 0 Å². The standard InChI is InChI=1S/C3H5ClS.C3H7NS/c4-1-3-2-5-3;4-3-1-5-2-3/h3H,1-2H2;3H,1-2,4H2. The first kappa shape index (κ1) is 9.04. The lowest BCUT2D eigenvalue weighted by Gasteiger charge is -2.18. The van der Waals surface area contributed by atoms with Crippen molar-refractivity contribution in [3.8, 4) is 0 Å². The van der Waals surface area contributed by atoms with E-state index in [-0.39, 0.29) is 0 Å². The van der Waals surface area contributed by atoms with Gasteiger partial charge in [-0.2, -0.15) is 23.5 Å². The molecule has 0 spiro atoms. The number of nitrogens with two attached hydrogens (primary N) is 1. The summed E-state index contributed by atoms with van der Waals surface area (Å²) in [6.07, 6.45) is 0. The molecule has 2 N–H and O–H groups in total. The topological polar surface area (TPSA) is 26.0 Å². The van der Waals surface area contributed by atoms with Gasteiger partial charge in [0.2, 0.25) is 0 Å². The molecule has 2 aliphatic rings. The number of rotatable bonds is 1. The lowest BCUT2D eigenvalue weighted by molar-refractivity contribution is 0.819. The van der Waals surface area contributed by atoms with Crippen molar-refractivity contribution in [2.75, 3.05) is 23.1 Å². The van der Waals surface area contributed by atoms with Crippen LogP contribution in [0.15, 0.2) is 0 Å². The molecule has 2 saturated heterocycles. The summed E-state index contributed by atoms with van der Waals surface area (Å²) in [7, 11) is 0. The molecular weight excluding hydrogens is 186 g/mol. The lowest BCUT2D eigenvalue weighted by Crippen LogP contribution is -2.33. The zero-order valence-electron chi connectivity index (χ0n) is 5.75. The molecule has 2 rings (SSSR count). The second kappa shape index (κ2) is 4.75. The van der Waals surface area contributed by atoms with E-state index in [2.05, 4.69) is 0 Å². The van der Waals surface area contributed by atoms with Crippen LogP contribution in [-0.4, -0.2) is 34.4 Å². The average molecular weight is 198 g/mol. The summed E-state index contributed by atoms with van der Waals surface area (Å²) >= 11 is 9.23. The molecule has 2 fully saturated rings. The van der Waals surface area contributed by atoms with Crippen LogP contribution in [0, 0.1) is 0 Å². The van der Waals surface area contributed by atoms with Crippen LogP contribution in [0.1, 0.15) is 0 Å². The predicted octanol–water partition coefficient (Wildman–Crippen LogP) is 1.40. The van der Waals surface area contributed by atoms with Crippen molar-refractivity contribution in [1.82, 2.24) is 0 Å². The van der Waals surface area contributed by atoms with Crippen LogP contribution in [0.2, 0.25) is 0 Å². The number of halogens is 1. The zero-order valence-corrected chi connectivity index (χ0v) is 8.14. The molecule has 0 saturated carbocycles.